The predicted molar refractivity (Wildman–Crippen MR) is 138 cm³/mol. The molecule has 0 aliphatic carbocycles. The first-order chi connectivity index (χ1) is 17.3. The number of hydrogen-bond donors (Lipinski definition) is 0. The molecule has 0 atom stereocenters. The molecule has 0 bridgehead atoms. The van der Waals surface area contributed by atoms with Crippen LogP contribution in [0.2, 0.25) is 0 Å². The molecular formula is C26H31N5O4S. The van der Waals surface area contributed by atoms with Crippen molar-refractivity contribution < 1.29 is 17.9 Å². The number of anilines is 1. The average Bonchev–Trinajstić information content (AvgIpc) is 2.92. The number of benzene rings is 2. The number of amides is 1. The number of ether oxygens (including phenoxy) is 1. The lowest BCUT2D eigenvalue weighted by Gasteiger charge is -2.36. The second kappa shape index (κ2) is 11.0. The second-order valence-electron chi connectivity index (χ2n) is 8.62. The van der Waals surface area contributed by atoms with E-state index in [1.807, 2.05) is 43.3 Å². The number of nitrogens with zero attached hydrogens (tertiary/aromatic N) is 5. The SMILES string of the molecule is CCN(CC(=O)N1CCN(c2ccc(-c3ccc(C)cc3)nn2)CC1)S(=O)(=O)c1ccc(OC)cc1. The summed E-state index contributed by atoms with van der Waals surface area (Å²) in [6, 6.07) is 18.2. The van der Waals surface area contributed by atoms with E-state index >= 15 is 0 Å². The van der Waals surface area contributed by atoms with Crippen LogP contribution in [-0.2, 0) is 14.8 Å². The Morgan fingerprint density at radius 1 is 0.944 bits per heavy atom. The van der Waals surface area contributed by atoms with Crippen molar-refractivity contribution in [1.29, 1.82) is 0 Å². The summed E-state index contributed by atoms with van der Waals surface area (Å²) in [5, 5.41) is 8.76. The quantitative estimate of drug-likeness (QED) is 0.461. The number of sulfonamides is 1. The van der Waals surface area contributed by atoms with E-state index in [9.17, 15) is 13.2 Å². The van der Waals surface area contributed by atoms with Crippen molar-refractivity contribution in [2.45, 2.75) is 18.7 Å². The molecule has 1 fully saturated rings. The van der Waals surface area contributed by atoms with Gasteiger partial charge in [-0.05, 0) is 43.3 Å². The Labute approximate surface area is 212 Å². The van der Waals surface area contributed by atoms with Crippen LogP contribution >= 0.6 is 0 Å². The summed E-state index contributed by atoms with van der Waals surface area (Å²) in [4.78, 5) is 16.9. The molecule has 1 saturated heterocycles. The highest BCUT2D eigenvalue weighted by molar-refractivity contribution is 7.89. The Hall–Kier alpha value is -3.50. The number of likely N-dealkylation sites (N-methyl/N-ethyl adjacent to an activating group) is 1. The van der Waals surface area contributed by atoms with Crippen molar-refractivity contribution in [3.05, 3.63) is 66.2 Å². The standard InChI is InChI=1S/C26H31N5O4S/c1-4-31(36(33,34)23-11-9-22(35-3)10-12-23)19-26(32)30-17-15-29(16-18-30)25-14-13-24(27-28-25)21-7-5-20(2)6-8-21/h5-14H,4,15-19H2,1-3H3. The van der Waals surface area contributed by atoms with Crippen molar-refractivity contribution in [3.63, 3.8) is 0 Å². The Bertz CT molecular complexity index is 1270. The molecule has 3 aromatic rings. The number of hydrogen-bond acceptors (Lipinski definition) is 7. The summed E-state index contributed by atoms with van der Waals surface area (Å²) < 4.78 is 32.4. The molecule has 0 N–H and O–H groups in total. The zero-order chi connectivity index (χ0) is 25.7. The Balaban J connectivity index is 1.34. The van der Waals surface area contributed by atoms with E-state index in [4.69, 9.17) is 4.74 Å². The van der Waals surface area contributed by atoms with E-state index < -0.39 is 10.0 Å². The van der Waals surface area contributed by atoms with E-state index in [0.29, 0.717) is 31.9 Å². The monoisotopic (exact) mass is 509 g/mol. The second-order valence-corrected chi connectivity index (χ2v) is 10.6. The molecule has 190 valence electrons. The van der Waals surface area contributed by atoms with Crippen LogP contribution in [0.15, 0.2) is 65.6 Å². The fourth-order valence-electron chi connectivity index (χ4n) is 4.07. The molecule has 0 unspecified atom stereocenters. The molecular weight excluding hydrogens is 478 g/mol. The van der Waals surface area contributed by atoms with Gasteiger partial charge in [0.05, 0.1) is 24.2 Å². The molecule has 1 aliphatic heterocycles. The maximum absolute atomic E-state index is 13.1. The number of carbonyl (C=O) groups excluding carboxylic acids is 1. The Kier molecular flexibility index (Phi) is 7.85. The fraction of sp³-hybridized carbons (Fsp3) is 0.346. The van der Waals surface area contributed by atoms with Gasteiger partial charge in [0.1, 0.15) is 5.75 Å². The minimum Gasteiger partial charge on any atom is -0.497 e. The number of methoxy groups -OCH3 is 1. The molecule has 0 spiro atoms. The van der Waals surface area contributed by atoms with E-state index in [0.717, 1.165) is 17.1 Å². The lowest BCUT2D eigenvalue weighted by atomic mass is 10.1. The van der Waals surface area contributed by atoms with Gasteiger partial charge >= 0.3 is 0 Å². The maximum atomic E-state index is 13.1. The van der Waals surface area contributed by atoms with Crippen LogP contribution in [-0.4, -0.2) is 80.1 Å². The van der Waals surface area contributed by atoms with Crippen molar-refractivity contribution in [3.8, 4) is 17.0 Å². The van der Waals surface area contributed by atoms with Crippen LogP contribution in [0.3, 0.4) is 0 Å². The number of aromatic nitrogens is 2. The summed E-state index contributed by atoms with van der Waals surface area (Å²) in [6.07, 6.45) is 0. The lowest BCUT2D eigenvalue weighted by molar-refractivity contribution is -0.131. The van der Waals surface area contributed by atoms with Crippen LogP contribution < -0.4 is 9.64 Å². The molecule has 1 amide bonds. The van der Waals surface area contributed by atoms with Crippen molar-refractivity contribution in [1.82, 2.24) is 19.4 Å². The Morgan fingerprint density at radius 3 is 2.17 bits per heavy atom. The van der Waals surface area contributed by atoms with Gasteiger partial charge in [-0.1, -0.05) is 36.8 Å². The highest BCUT2D eigenvalue weighted by atomic mass is 32.2. The third kappa shape index (κ3) is 5.66. The van der Waals surface area contributed by atoms with Gasteiger partial charge in [-0.2, -0.15) is 4.31 Å². The smallest absolute Gasteiger partial charge is 0.243 e. The molecule has 0 saturated carbocycles. The molecule has 10 heteroatoms. The molecule has 1 aromatic heterocycles. The fourth-order valence-corrected chi connectivity index (χ4v) is 5.47. The first kappa shape index (κ1) is 25.6. The van der Waals surface area contributed by atoms with Crippen LogP contribution in [0.4, 0.5) is 5.82 Å². The van der Waals surface area contributed by atoms with Gasteiger partial charge in [0.2, 0.25) is 15.9 Å². The van der Waals surface area contributed by atoms with Gasteiger partial charge in [0, 0.05) is 38.3 Å². The molecule has 1 aliphatic rings. The summed E-state index contributed by atoms with van der Waals surface area (Å²) in [6.45, 7) is 5.94. The highest BCUT2D eigenvalue weighted by Gasteiger charge is 2.29. The molecule has 4 rings (SSSR count). The first-order valence-electron chi connectivity index (χ1n) is 11.9. The van der Waals surface area contributed by atoms with Crippen LogP contribution in [0.25, 0.3) is 11.3 Å². The highest BCUT2D eigenvalue weighted by Crippen LogP contribution is 2.21. The lowest BCUT2D eigenvalue weighted by Crippen LogP contribution is -2.52. The predicted octanol–water partition coefficient (Wildman–Crippen LogP) is 2.82. The van der Waals surface area contributed by atoms with Crippen molar-refractivity contribution in [2.75, 3.05) is 51.3 Å². The number of aryl methyl sites for hydroxylation is 1. The van der Waals surface area contributed by atoms with Gasteiger partial charge in [-0.3, -0.25) is 4.79 Å². The van der Waals surface area contributed by atoms with Gasteiger partial charge in [-0.15, -0.1) is 10.2 Å². The van der Waals surface area contributed by atoms with Crippen molar-refractivity contribution in [2.24, 2.45) is 0 Å². The number of carbonyl (C=O) groups is 1. The number of piperazine rings is 1. The summed E-state index contributed by atoms with van der Waals surface area (Å²) >= 11 is 0. The van der Waals surface area contributed by atoms with Gasteiger partial charge in [0.15, 0.2) is 5.82 Å². The minimum absolute atomic E-state index is 0.135. The summed E-state index contributed by atoms with van der Waals surface area (Å²) in [7, 11) is -2.27. The van der Waals surface area contributed by atoms with E-state index in [1.165, 1.54) is 29.1 Å². The zero-order valence-electron chi connectivity index (χ0n) is 20.8. The van der Waals surface area contributed by atoms with Gasteiger partial charge in [-0.25, -0.2) is 8.42 Å². The third-order valence-corrected chi connectivity index (χ3v) is 8.25. The molecule has 0 radical (unpaired) electrons. The van der Waals surface area contributed by atoms with Crippen LogP contribution in [0.1, 0.15) is 12.5 Å². The van der Waals surface area contributed by atoms with Crippen LogP contribution in [0.5, 0.6) is 5.75 Å². The molecule has 2 aromatic carbocycles. The van der Waals surface area contributed by atoms with Gasteiger partial charge < -0.3 is 14.5 Å². The molecule has 36 heavy (non-hydrogen) atoms. The van der Waals surface area contributed by atoms with Crippen LogP contribution in [0, 0.1) is 6.92 Å². The average molecular weight is 510 g/mol. The van der Waals surface area contributed by atoms with E-state index in [1.54, 1.807) is 24.0 Å². The van der Waals surface area contributed by atoms with Crippen molar-refractivity contribution >= 4 is 21.7 Å². The summed E-state index contributed by atoms with van der Waals surface area (Å²) in [5.41, 5.74) is 3.02. The first-order valence-corrected chi connectivity index (χ1v) is 13.3. The molecule has 2 heterocycles. The normalized spacial score (nSPS) is 14.2. The minimum atomic E-state index is -3.79. The topological polar surface area (TPSA) is 95.9 Å². The maximum Gasteiger partial charge on any atom is 0.243 e. The van der Waals surface area contributed by atoms with Gasteiger partial charge in [0.25, 0.3) is 0 Å². The van der Waals surface area contributed by atoms with E-state index in [2.05, 4.69) is 15.1 Å². The third-order valence-electron chi connectivity index (χ3n) is 6.32. The zero-order valence-corrected chi connectivity index (χ0v) is 21.6. The van der Waals surface area contributed by atoms with E-state index in [-0.39, 0.29) is 23.9 Å². The number of rotatable bonds is 8. The Morgan fingerprint density at radius 2 is 1.61 bits per heavy atom. The summed E-state index contributed by atoms with van der Waals surface area (Å²) in [5.74, 6) is 1.12. The largest absolute Gasteiger partial charge is 0.497 e. The molecule has 9 nitrogen and oxygen atoms in total.